The van der Waals surface area contributed by atoms with E-state index in [1.807, 2.05) is 52.0 Å². The number of likely N-dealkylation sites (tertiary alicyclic amines) is 1. The van der Waals surface area contributed by atoms with E-state index in [1.165, 1.54) is 0 Å². The van der Waals surface area contributed by atoms with Crippen molar-refractivity contribution in [2.75, 3.05) is 13.1 Å². The van der Waals surface area contributed by atoms with Gasteiger partial charge in [-0.15, -0.1) is 0 Å². The fraction of sp³-hybridized carbons (Fsp3) is 0.333. The van der Waals surface area contributed by atoms with Gasteiger partial charge in [-0.25, -0.2) is 14.9 Å². The van der Waals surface area contributed by atoms with Crippen LogP contribution in [-0.2, 0) is 11.3 Å². The molecule has 0 bridgehead atoms. The Bertz CT molecular complexity index is 1340. The summed E-state index contributed by atoms with van der Waals surface area (Å²) in [7, 11) is 0. The lowest BCUT2D eigenvalue weighted by Gasteiger charge is -2.16. The van der Waals surface area contributed by atoms with Gasteiger partial charge in [0.05, 0.1) is 0 Å². The molecule has 162 valence electrons. The molecule has 32 heavy (non-hydrogen) atoms. The average molecular weight is 428 g/mol. The van der Waals surface area contributed by atoms with Crippen molar-refractivity contribution in [3.63, 3.8) is 0 Å². The molecule has 0 spiro atoms. The van der Waals surface area contributed by atoms with Crippen molar-refractivity contribution in [3.05, 3.63) is 65.5 Å². The van der Waals surface area contributed by atoms with Crippen molar-refractivity contribution in [3.8, 4) is 22.5 Å². The van der Waals surface area contributed by atoms with Gasteiger partial charge in [0.25, 0.3) is 0 Å². The van der Waals surface area contributed by atoms with Crippen molar-refractivity contribution < 1.29 is 4.79 Å². The van der Waals surface area contributed by atoms with Gasteiger partial charge in [0.15, 0.2) is 5.82 Å². The maximum Gasteiger partial charge on any atom is 0.343 e. The molecule has 8 nitrogen and oxygen atoms in total. The van der Waals surface area contributed by atoms with Crippen molar-refractivity contribution in [2.24, 2.45) is 11.8 Å². The Morgan fingerprint density at radius 3 is 2.66 bits per heavy atom. The van der Waals surface area contributed by atoms with Gasteiger partial charge in [-0.2, -0.15) is 5.10 Å². The second-order valence-electron chi connectivity index (χ2n) is 8.86. The normalized spacial score (nSPS) is 18.5. The van der Waals surface area contributed by atoms with E-state index in [4.69, 9.17) is 0 Å². The largest absolute Gasteiger partial charge is 0.343 e. The molecule has 1 saturated heterocycles. The monoisotopic (exact) mass is 428 g/mol. The summed E-state index contributed by atoms with van der Waals surface area (Å²) < 4.78 is 3.68. The standard InChI is InChI=1S/C24H24N6O2/c31-23(19-5-6-19)29-10-7-16(14-29)15-30-22(26-27-24(30)32)18-3-1-17(2-4-18)20-8-11-28-12-9-25-21(28)13-20/h1-4,8-9,11-13,16,19H,5-7,10,14-15H2,(H,27,32). The summed E-state index contributed by atoms with van der Waals surface area (Å²) in [4.78, 5) is 31.1. The van der Waals surface area contributed by atoms with Crippen LogP contribution in [0.4, 0.5) is 0 Å². The Hall–Kier alpha value is -3.68. The van der Waals surface area contributed by atoms with Crippen molar-refractivity contribution in [2.45, 2.75) is 25.8 Å². The van der Waals surface area contributed by atoms with E-state index in [9.17, 15) is 9.59 Å². The lowest BCUT2D eigenvalue weighted by molar-refractivity contribution is -0.131. The van der Waals surface area contributed by atoms with Crippen LogP contribution in [-0.4, -0.2) is 48.0 Å². The minimum atomic E-state index is -0.208. The molecule has 2 aliphatic rings. The first-order valence-electron chi connectivity index (χ1n) is 11.1. The van der Waals surface area contributed by atoms with Crippen molar-refractivity contribution in [1.29, 1.82) is 0 Å². The Morgan fingerprint density at radius 2 is 1.84 bits per heavy atom. The number of aromatic amines is 1. The van der Waals surface area contributed by atoms with Crippen LogP contribution in [0, 0.1) is 11.8 Å². The highest BCUT2D eigenvalue weighted by Gasteiger charge is 2.36. The molecule has 1 aliphatic heterocycles. The van der Waals surface area contributed by atoms with Crippen LogP contribution in [0.1, 0.15) is 19.3 Å². The lowest BCUT2D eigenvalue weighted by atomic mass is 10.0. The second-order valence-corrected chi connectivity index (χ2v) is 8.86. The summed E-state index contributed by atoms with van der Waals surface area (Å²) in [6.45, 7) is 2.08. The third-order valence-corrected chi connectivity index (χ3v) is 6.60. The molecule has 2 fully saturated rings. The number of carbonyl (C=O) groups is 1. The molecule has 4 heterocycles. The van der Waals surface area contributed by atoms with Crippen LogP contribution in [0.2, 0.25) is 0 Å². The van der Waals surface area contributed by atoms with Gasteiger partial charge < -0.3 is 9.30 Å². The lowest BCUT2D eigenvalue weighted by Crippen LogP contribution is -2.31. The average Bonchev–Trinajstić information content (AvgIpc) is 3.21. The maximum absolute atomic E-state index is 12.5. The number of aromatic nitrogens is 5. The van der Waals surface area contributed by atoms with Gasteiger partial charge in [0.2, 0.25) is 5.91 Å². The smallest absolute Gasteiger partial charge is 0.342 e. The summed E-state index contributed by atoms with van der Waals surface area (Å²) in [5.41, 5.74) is 3.74. The zero-order chi connectivity index (χ0) is 21.7. The number of hydrogen-bond acceptors (Lipinski definition) is 4. The molecule has 0 radical (unpaired) electrons. The summed E-state index contributed by atoms with van der Waals surface area (Å²) in [6.07, 6.45) is 8.67. The maximum atomic E-state index is 12.5. The van der Waals surface area contributed by atoms with Crippen LogP contribution >= 0.6 is 0 Å². The highest BCUT2D eigenvalue weighted by Crippen LogP contribution is 2.33. The third-order valence-electron chi connectivity index (χ3n) is 6.60. The first-order chi connectivity index (χ1) is 15.7. The van der Waals surface area contributed by atoms with Gasteiger partial charge in [0.1, 0.15) is 5.65 Å². The second kappa shape index (κ2) is 7.47. The van der Waals surface area contributed by atoms with E-state index >= 15 is 0 Å². The van der Waals surface area contributed by atoms with Crippen LogP contribution in [0.3, 0.4) is 0 Å². The molecule has 8 heteroatoms. The molecule has 1 aromatic carbocycles. The summed E-state index contributed by atoms with van der Waals surface area (Å²) in [6, 6.07) is 12.2. The van der Waals surface area contributed by atoms with Crippen LogP contribution in [0.25, 0.3) is 28.2 Å². The molecule has 1 saturated carbocycles. The van der Waals surface area contributed by atoms with E-state index in [2.05, 4.69) is 21.2 Å². The SMILES string of the molecule is O=C(C1CC1)N1CCC(Cn2c(-c3ccc(-c4ccn5ccnc5c4)cc3)n[nH]c2=O)C1. The number of pyridine rings is 1. The van der Waals surface area contributed by atoms with E-state index in [1.54, 1.807) is 10.8 Å². The zero-order valence-corrected chi connectivity index (χ0v) is 17.6. The molecule has 1 N–H and O–H groups in total. The number of rotatable bonds is 5. The predicted octanol–water partition coefficient (Wildman–Crippen LogP) is 2.81. The molecule has 6 rings (SSSR count). The highest BCUT2D eigenvalue weighted by atomic mass is 16.2. The number of amides is 1. The first-order valence-corrected chi connectivity index (χ1v) is 11.1. The van der Waals surface area contributed by atoms with Gasteiger partial charge in [-0.3, -0.25) is 9.36 Å². The number of imidazole rings is 1. The molecule has 1 unspecified atom stereocenters. The van der Waals surface area contributed by atoms with E-state index in [0.29, 0.717) is 12.4 Å². The fourth-order valence-electron chi connectivity index (χ4n) is 4.64. The molecule has 1 aliphatic carbocycles. The van der Waals surface area contributed by atoms with Crippen LogP contribution in [0.5, 0.6) is 0 Å². The number of hydrogen-bond donors (Lipinski definition) is 1. The van der Waals surface area contributed by atoms with Gasteiger partial charge in [0, 0.05) is 49.7 Å². The molecule has 1 amide bonds. The number of nitrogens with zero attached hydrogens (tertiary/aromatic N) is 5. The quantitative estimate of drug-likeness (QED) is 0.529. The first kappa shape index (κ1) is 19.0. The molecule has 3 aromatic heterocycles. The van der Waals surface area contributed by atoms with Gasteiger partial charge >= 0.3 is 5.69 Å². The Balaban J connectivity index is 1.22. The summed E-state index contributed by atoms with van der Waals surface area (Å²) in [5, 5.41) is 6.89. The minimum absolute atomic E-state index is 0.208. The number of fused-ring (bicyclic) bond motifs is 1. The van der Waals surface area contributed by atoms with Crippen LogP contribution in [0.15, 0.2) is 59.8 Å². The van der Waals surface area contributed by atoms with Gasteiger partial charge in [-0.1, -0.05) is 24.3 Å². The third kappa shape index (κ3) is 3.41. The van der Waals surface area contributed by atoms with E-state index in [0.717, 1.165) is 54.7 Å². The van der Waals surface area contributed by atoms with E-state index in [-0.39, 0.29) is 23.4 Å². The van der Waals surface area contributed by atoms with Crippen molar-refractivity contribution in [1.82, 2.24) is 29.0 Å². The molecular weight excluding hydrogens is 404 g/mol. The molecule has 1 atom stereocenters. The fourth-order valence-corrected chi connectivity index (χ4v) is 4.64. The molecular formula is C24H24N6O2. The minimum Gasteiger partial charge on any atom is -0.342 e. The molecule has 4 aromatic rings. The predicted molar refractivity (Wildman–Crippen MR) is 120 cm³/mol. The highest BCUT2D eigenvalue weighted by molar-refractivity contribution is 5.81. The Morgan fingerprint density at radius 1 is 1.03 bits per heavy atom. The van der Waals surface area contributed by atoms with Crippen molar-refractivity contribution >= 4 is 11.6 Å². The topological polar surface area (TPSA) is 88.3 Å². The number of H-pyrrole nitrogens is 1. The number of benzene rings is 1. The number of carbonyl (C=O) groups excluding carboxylic acids is 1. The van der Waals surface area contributed by atoms with Gasteiger partial charge in [-0.05, 0) is 48.4 Å². The zero-order valence-electron chi connectivity index (χ0n) is 17.6. The summed E-state index contributed by atoms with van der Waals surface area (Å²) in [5.74, 6) is 1.44. The Labute approximate surface area is 184 Å². The van der Waals surface area contributed by atoms with Crippen LogP contribution < -0.4 is 5.69 Å². The summed E-state index contributed by atoms with van der Waals surface area (Å²) >= 11 is 0. The Kier molecular flexibility index (Phi) is 4.45. The number of nitrogens with one attached hydrogen (secondary N) is 1. The van der Waals surface area contributed by atoms with E-state index < -0.39 is 0 Å².